The van der Waals surface area contributed by atoms with Crippen molar-refractivity contribution in [3.63, 3.8) is 0 Å². The number of benzene rings is 2. The molecule has 0 aromatic heterocycles. The van der Waals surface area contributed by atoms with Crippen LogP contribution in [0.25, 0.3) is 6.08 Å². The molecule has 0 saturated carbocycles. The van der Waals surface area contributed by atoms with Crippen LogP contribution in [-0.2, 0) is 16.0 Å². The van der Waals surface area contributed by atoms with Gasteiger partial charge in [0, 0.05) is 6.42 Å². The molecule has 0 amide bonds. The zero-order chi connectivity index (χ0) is 14.9. The molecule has 0 aliphatic heterocycles. The van der Waals surface area contributed by atoms with Gasteiger partial charge in [0.25, 0.3) is 0 Å². The van der Waals surface area contributed by atoms with Crippen molar-refractivity contribution < 1.29 is 14.6 Å². The van der Waals surface area contributed by atoms with Gasteiger partial charge in [-0.15, -0.1) is 0 Å². The molecule has 2 rings (SSSR count). The van der Waals surface area contributed by atoms with E-state index in [9.17, 15) is 4.79 Å². The van der Waals surface area contributed by atoms with E-state index in [2.05, 4.69) is 0 Å². The summed E-state index contributed by atoms with van der Waals surface area (Å²) >= 11 is 0. The largest absolute Gasteiger partial charge is 0.508 e. The van der Waals surface area contributed by atoms with Crippen molar-refractivity contribution in [1.29, 1.82) is 0 Å². The van der Waals surface area contributed by atoms with E-state index in [4.69, 9.17) is 9.84 Å². The van der Waals surface area contributed by atoms with Crippen molar-refractivity contribution in [2.24, 2.45) is 0 Å². The first kappa shape index (κ1) is 14.9. The summed E-state index contributed by atoms with van der Waals surface area (Å²) in [5.41, 5.74) is 2.09. The van der Waals surface area contributed by atoms with E-state index < -0.39 is 0 Å². The van der Waals surface area contributed by atoms with Crippen molar-refractivity contribution in [1.82, 2.24) is 0 Å². The minimum atomic E-state index is -0.235. The van der Waals surface area contributed by atoms with Crippen LogP contribution in [0.5, 0.6) is 5.75 Å². The van der Waals surface area contributed by atoms with Gasteiger partial charge in [0.15, 0.2) is 0 Å². The van der Waals surface area contributed by atoms with Gasteiger partial charge in [0.05, 0.1) is 13.0 Å². The van der Waals surface area contributed by atoms with Crippen molar-refractivity contribution in [2.75, 3.05) is 6.61 Å². The Bertz CT molecular complexity index is 586. The minimum absolute atomic E-state index is 0.235. The van der Waals surface area contributed by atoms with E-state index in [1.807, 2.05) is 48.5 Å². The van der Waals surface area contributed by atoms with Gasteiger partial charge in [-0.05, 0) is 23.3 Å². The van der Waals surface area contributed by atoms with Gasteiger partial charge in [-0.25, -0.2) is 0 Å². The predicted octanol–water partition coefficient (Wildman–Crippen LogP) is 3.58. The van der Waals surface area contributed by atoms with Crippen LogP contribution in [0.15, 0.2) is 60.7 Å². The fourth-order valence-corrected chi connectivity index (χ4v) is 1.86. The van der Waals surface area contributed by atoms with Crippen LogP contribution in [0.2, 0.25) is 0 Å². The van der Waals surface area contributed by atoms with E-state index in [0.29, 0.717) is 13.0 Å². The molecule has 0 unspecified atom stereocenters. The fraction of sp³-hybridized carbons (Fsp3) is 0.167. The van der Waals surface area contributed by atoms with Gasteiger partial charge >= 0.3 is 5.97 Å². The number of carbonyl (C=O) groups excluding carboxylic acids is 1. The van der Waals surface area contributed by atoms with Crippen molar-refractivity contribution in [3.05, 3.63) is 71.8 Å². The number of ether oxygens (including phenoxy) is 1. The quantitative estimate of drug-likeness (QED) is 0.824. The Morgan fingerprint density at radius 3 is 2.48 bits per heavy atom. The molecule has 1 N–H and O–H groups in total. The summed E-state index contributed by atoms with van der Waals surface area (Å²) in [7, 11) is 0. The number of rotatable bonds is 6. The standard InChI is InChI=1S/C18H18O3/c19-17-11-9-16(10-12-17)13-14-21-18(20)8-4-7-15-5-2-1-3-6-15/h1-7,9-12,19H,8,13-14H2. The van der Waals surface area contributed by atoms with Crippen LogP contribution in [0.3, 0.4) is 0 Å². The first-order valence-electron chi connectivity index (χ1n) is 6.89. The highest BCUT2D eigenvalue weighted by atomic mass is 16.5. The molecule has 2 aromatic rings. The van der Waals surface area contributed by atoms with Crippen molar-refractivity contribution in [2.45, 2.75) is 12.8 Å². The zero-order valence-electron chi connectivity index (χ0n) is 11.7. The average molecular weight is 282 g/mol. The summed E-state index contributed by atoms with van der Waals surface area (Å²) in [5.74, 6) is 0.00255. The molecule has 3 nitrogen and oxygen atoms in total. The third-order valence-electron chi connectivity index (χ3n) is 2.98. The molecular formula is C18H18O3. The maximum absolute atomic E-state index is 11.6. The monoisotopic (exact) mass is 282 g/mol. The van der Waals surface area contributed by atoms with Gasteiger partial charge in [-0.3, -0.25) is 4.79 Å². The Morgan fingerprint density at radius 2 is 1.76 bits per heavy atom. The topological polar surface area (TPSA) is 46.5 Å². The SMILES string of the molecule is O=C(CC=Cc1ccccc1)OCCc1ccc(O)cc1. The van der Waals surface area contributed by atoms with E-state index in [0.717, 1.165) is 11.1 Å². The van der Waals surface area contributed by atoms with Crippen LogP contribution in [0.4, 0.5) is 0 Å². The number of carbonyl (C=O) groups is 1. The summed E-state index contributed by atoms with van der Waals surface area (Å²) in [6.45, 7) is 0.350. The molecule has 3 heteroatoms. The lowest BCUT2D eigenvalue weighted by Crippen LogP contribution is -2.06. The van der Waals surface area contributed by atoms with Gasteiger partial charge in [-0.1, -0.05) is 54.6 Å². The lowest BCUT2D eigenvalue weighted by Gasteiger charge is -2.03. The Kier molecular flexibility index (Phi) is 5.59. The molecule has 21 heavy (non-hydrogen) atoms. The molecule has 2 aromatic carbocycles. The van der Waals surface area contributed by atoms with E-state index in [-0.39, 0.29) is 18.1 Å². The molecule has 0 radical (unpaired) electrons. The first-order chi connectivity index (χ1) is 10.2. The molecule has 0 bridgehead atoms. The highest BCUT2D eigenvalue weighted by molar-refractivity contribution is 5.72. The van der Waals surface area contributed by atoms with Crippen LogP contribution in [0, 0.1) is 0 Å². The summed E-state index contributed by atoms with van der Waals surface area (Å²) in [6.07, 6.45) is 4.62. The molecular weight excluding hydrogens is 264 g/mol. The van der Waals surface area contributed by atoms with Gasteiger partial charge in [-0.2, -0.15) is 0 Å². The molecule has 108 valence electrons. The van der Waals surface area contributed by atoms with E-state index in [1.54, 1.807) is 18.2 Å². The maximum Gasteiger partial charge on any atom is 0.309 e. The third kappa shape index (κ3) is 5.53. The molecule has 0 aliphatic carbocycles. The number of phenolic OH excluding ortho intramolecular Hbond substituents is 1. The van der Waals surface area contributed by atoms with Gasteiger partial charge < -0.3 is 9.84 Å². The van der Waals surface area contributed by atoms with Crippen molar-refractivity contribution >= 4 is 12.0 Å². The van der Waals surface area contributed by atoms with Gasteiger partial charge in [0.1, 0.15) is 5.75 Å². The predicted molar refractivity (Wildman–Crippen MR) is 82.9 cm³/mol. The fourth-order valence-electron chi connectivity index (χ4n) is 1.86. The third-order valence-corrected chi connectivity index (χ3v) is 2.98. The second-order valence-electron chi connectivity index (χ2n) is 4.65. The number of phenols is 1. The van der Waals surface area contributed by atoms with Crippen LogP contribution in [0.1, 0.15) is 17.5 Å². The zero-order valence-corrected chi connectivity index (χ0v) is 11.7. The summed E-state index contributed by atoms with van der Waals surface area (Å²) in [5, 5.41) is 9.17. The molecule has 0 saturated heterocycles. The Morgan fingerprint density at radius 1 is 1.05 bits per heavy atom. The summed E-state index contributed by atoms with van der Waals surface area (Å²) in [6, 6.07) is 16.7. The van der Waals surface area contributed by atoms with E-state index >= 15 is 0 Å². The second kappa shape index (κ2) is 7.90. The molecule has 0 spiro atoms. The second-order valence-corrected chi connectivity index (χ2v) is 4.65. The van der Waals surface area contributed by atoms with Gasteiger partial charge in [0.2, 0.25) is 0 Å². The summed E-state index contributed by atoms with van der Waals surface area (Å²) < 4.78 is 5.16. The first-order valence-corrected chi connectivity index (χ1v) is 6.89. The Hall–Kier alpha value is -2.55. The molecule has 0 heterocycles. The van der Waals surface area contributed by atoms with Crippen LogP contribution < -0.4 is 0 Å². The average Bonchev–Trinajstić information content (AvgIpc) is 2.50. The minimum Gasteiger partial charge on any atom is -0.508 e. The molecule has 0 atom stereocenters. The lowest BCUT2D eigenvalue weighted by molar-refractivity contribution is -0.142. The highest BCUT2D eigenvalue weighted by Crippen LogP contribution is 2.10. The number of hydrogen-bond donors (Lipinski definition) is 1. The number of esters is 1. The smallest absolute Gasteiger partial charge is 0.309 e. The molecule has 0 fully saturated rings. The molecule has 0 aliphatic rings. The highest BCUT2D eigenvalue weighted by Gasteiger charge is 2.00. The lowest BCUT2D eigenvalue weighted by atomic mass is 10.1. The number of hydrogen-bond acceptors (Lipinski definition) is 3. The normalized spacial score (nSPS) is 10.7. The van der Waals surface area contributed by atoms with Crippen LogP contribution >= 0.6 is 0 Å². The maximum atomic E-state index is 11.6. The summed E-state index contributed by atoms with van der Waals surface area (Å²) in [4.78, 5) is 11.6. The Balaban J connectivity index is 1.68. The van der Waals surface area contributed by atoms with Crippen LogP contribution in [-0.4, -0.2) is 17.7 Å². The van der Waals surface area contributed by atoms with E-state index in [1.165, 1.54) is 0 Å². The van der Waals surface area contributed by atoms with Crippen molar-refractivity contribution in [3.8, 4) is 5.75 Å². The Labute approximate surface area is 124 Å². The number of aromatic hydroxyl groups is 1.